The second kappa shape index (κ2) is 7.13. The van der Waals surface area contributed by atoms with Crippen molar-refractivity contribution < 1.29 is 33.5 Å². The third-order valence-electron chi connectivity index (χ3n) is 5.31. The van der Waals surface area contributed by atoms with Gasteiger partial charge >= 0.3 is 5.97 Å². The number of benzene rings is 1. The second-order valence-corrected chi connectivity index (χ2v) is 9.97. The van der Waals surface area contributed by atoms with Crippen molar-refractivity contribution in [1.29, 1.82) is 0 Å². The maximum absolute atomic E-state index is 14.5. The Kier molecular flexibility index (Phi) is 4.93. The standard InChI is InChI=1S/C19H17ClFN3O6S/c1-6-10(12(23-30-6)11-8(20)4-7(25)5-9(11)21)15(26)22-13-16(27)24-14(18(28)29)19(2,3)31-17(13)24/h4-5,13-14,17,25H,1-3H3,(H,22,26)(H,28,29)/t13-,14+,17-/m1/s1. The molecule has 12 heteroatoms. The smallest absolute Gasteiger partial charge is 0.327 e. The lowest BCUT2D eigenvalue weighted by Crippen LogP contribution is -2.70. The number of amides is 2. The van der Waals surface area contributed by atoms with Gasteiger partial charge in [0.05, 0.1) is 10.6 Å². The van der Waals surface area contributed by atoms with Crippen LogP contribution >= 0.6 is 23.4 Å². The first kappa shape index (κ1) is 21.4. The van der Waals surface area contributed by atoms with E-state index in [1.165, 1.54) is 23.6 Å². The van der Waals surface area contributed by atoms with Crippen LogP contribution in [0.1, 0.15) is 30.0 Å². The minimum absolute atomic E-state index is 0.0717. The highest BCUT2D eigenvalue weighted by molar-refractivity contribution is 8.01. The number of carboxylic acids is 1. The quantitative estimate of drug-likeness (QED) is 0.581. The van der Waals surface area contributed by atoms with E-state index in [0.717, 1.165) is 12.1 Å². The van der Waals surface area contributed by atoms with Crippen molar-refractivity contribution in [1.82, 2.24) is 15.4 Å². The molecular weight excluding hydrogens is 453 g/mol. The zero-order valence-electron chi connectivity index (χ0n) is 16.5. The molecule has 0 radical (unpaired) electrons. The molecule has 1 aromatic carbocycles. The Morgan fingerprint density at radius 1 is 1.39 bits per heavy atom. The Hall–Kier alpha value is -2.79. The van der Waals surface area contributed by atoms with E-state index < -0.39 is 51.6 Å². The topological polar surface area (TPSA) is 133 Å². The highest BCUT2D eigenvalue weighted by Gasteiger charge is 2.64. The molecule has 2 amide bonds. The molecule has 31 heavy (non-hydrogen) atoms. The van der Waals surface area contributed by atoms with Gasteiger partial charge in [-0.2, -0.15) is 0 Å². The number of thioether (sulfide) groups is 1. The number of aryl methyl sites for hydroxylation is 1. The molecule has 2 aliphatic heterocycles. The van der Waals surface area contributed by atoms with Crippen molar-refractivity contribution >= 4 is 41.1 Å². The number of phenols is 1. The van der Waals surface area contributed by atoms with Gasteiger partial charge in [-0.15, -0.1) is 11.8 Å². The summed E-state index contributed by atoms with van der Waals surface area (Å²) in [5, 5.41) is 24.6. The number of aliphatic carboxylic acids is 1. The van der Waals surface area contributed by atoms with Crippen molar-refractivity contribution in [3.05, 3.63) is 34.3 Å². The summed E-state index contributed by atoms with van der Waals surface area (Å²) in [6, 6.07) is -0.0457. The van der Waals surface area contributed by atoms with Crippen molar-refractivity contribution in [3.63, 3.8) is 0 Å². The van der Waals surface area contributed by atoms with Crippen molar-refractivity contribution in [2.75, 3.05) is 0 Å². The molecule has 9 nitrogen and oxygen atoms in total. The Morgan fingerprint density at radius 2 is 2.06 bits per heavy atom. The first-order chi connectivity index (χ1) is 14.4. The Labute approximate surface area is 184 Å². The van der Waals surface area contributed by atoms with Gasteiger partial charge in [-0.25, -0.2) is 9.18 Å². The molecule has 2 aromatic rings. The molecule has 3 N–H and O–H groups in total. The normalized spacial score (nSPS) is 24.0. The molecule has 2 saturated heterocycles. The lowest BCUT2D eigenvalue weighted by Gasteiger charge is -2.43. The lowest BCUT2D eigenvalue weighted by atomic mass is 9.95. The van der Waals surface area contributed by atoms with Crippen LogP contribution < -0.4 is 5.32 Å². The Bertz CT molecular complexity index is 1110. The third kappa shape index (κ3) is 3.23. The number of nitrogens with zero attached hydrogens (tertiary/aromatic N) is 2. The number of fused-ring (bicyclic) bond motifs is 1. The Balaban J connectivity index is 1.63. The van der Waals surface area contributed by atoms with Gasteiger partial charge < -0.3 is 25.0 Å². The SMILES string of the molecule is Cc1onc(-c2c(F)cc(O)cc2Cl)c1C(=O)N[C@@H]1C(=O)N2[C@@H]1SC(C)(C)[C@@H]2C(=O)O. The number of nitrogens with one attached hydrogen (secondary N) is 1. The maximum atomic E-state index is 14.5. The fourth-order valence-corrected chi connectivity index (χ4v) is 5.87. The first-order valence-corrected chi connectivity index (χ1v) is 10.4. The predicted molar refractivity (Wildman–Crippen MR) is 108 cm³/mol. The van der Waals surface area contributed by atoms with Crippen LogP contribution in [0.25, 0.3) is 11.3 Å². The summed E-state index contributed by atoms with van der Waals surface area (Å²) in [7, 11) is 0. The Morgan fingerprint density at radius 3 is 2.68 bits per heavy atom. The van der Waals surface area contributed by atoms with Crippen LogP contribution in [0.5, 0.6) is 5.75 Å². The van der Waals surface area contributed by atoms with E-state index in [9.17, 15) is 29.0 Å². The molecule has 4 rings (SSSR count). The molecule has 3 atom stereocenters. The van der Waals surface area contributed by atoms with Gasteiger partial charge in [0.25, 0.3) is 5.91 Å². The van der Waals surface area contributed by atoms with Gasteiger partial charge in [-0.05, 0) is 26.8 Å². The molecule has 3 heterocycles. The van der Waals surface area contributed by atoms with E-state index in [0.29, 0.717) is 0 Å². The number of rotatable bonds is 4. The van der Waals surface area contributed by atoms with Gasteiger partial charge in [0.15, 0.2) is 0 Å². The number of phenolic OH excluding ortho intramolecular Hbond substituents is 1. The van der Waals surface area contributed by atoms with Crippen LogP contribution in [0, 0.1) is 12.7 Å². The van der Waals surface area contributed by atoms with E-state index >= 15 is 0 Å². The third-order valence-corrected chi connectivity index (χ3v) is 7.18. The molecule has 0 saturated carbocycles. The summed E-state index contributed by atoms with van der Waals surface area (Å²) in [6.07, 6.45) is 0. The largest absolute Gasteiger partial charge is 0.508 e. The van der Waals surface area contributed by atoms with Gasteiger partial charge in [0.1, 0.15) is 46.0 Å². The molecule has 0 bridgehead atoms. The predicted octanol–water partition coefficient (Wildman–Crippen LogP) is 2.39. The molecule has 1 aromatic heterocycles. The monoisotopic (exact) mass is 469 g/mol. The summed E-state index contributed by atoms with van der Waals surface area (Å²) in [4.78, 5) is 38.5. The second-order valence-electron chi connectivity index (χ2n) is 7.80. The fourth-order valence-electron chi connectivity index (χ4n) is 3.95. The molecule has 0 spiro atoms. The van der Waals surface area contributed by atoms with E-state index in [-0.39, 0.29) is 27.6 Å². The maximum Gasteiger partial charge on any atom is 0.327 e. The van der Waals surface area contributed by atoms with E-state index in [2.05, 4.69) is 10.5 Å². The van der Waals surface area contributed by atoms with Crippen molar-refractivity contribution in [3.8, 4) is 17.0 Å². The van der Waals surface area contributed by atoms with Crippen LogP contribution in [-0.4, -0.2) is 60.3 Å². The number of hydrogen-bond donors (Lipinski definition) is 3. The summed E-state index contributed by atoms with van der Waals surface area (Å²) >= 11 is 7.32. The number of aromatic nitrogens is 1. The molecule has 2 fully saturated rings. The number of carbonyl (C=O) groups excluding carboxylic acids is 2. The average molecular weight is 470 g/mol. The minimum atomic E-state index is -1.12. The lowest BCUT2D eigenvalue weighted by molar-refractivity contribution is -0.159. The number of hydrogen-bond acceptors (Lipinski definition) is 7. The summed E-state index contributed by atoms with van der Waals surface area (Å²) in [6.45, 7) is 4.89. The summed E-state index contributed by atoms with van der Waals surface area (Å²) in [5.41, 5.74) is -0.524. The van der Waals surface area contributed by atoms with E-state index in [1.54, 1.807) is 13.8 Å². The number of β-lactam (4-membered cyclic amide) rings is 1. The number of aromatic hydroxyl groups is 1. The number of carboxylic acid groups (broad SMARTS) is 1. The average Bonchev–Trinajstić information content (AvgIpc) is 3.14. The highest BCUT2D eigenvalue weighted by atomic mass is 35.5. The van der Waals surface area contributed by atoms with Crippen molar-refractivity contribution in [2.24, 2.45) is 0 Å². The van der Waals surface area contributed by atoms with E-state index in [4.69, 9.17) is 16.1 Å². The van der Waals surface area contributed by atoms with Gasteiger partial charge in [0.2, 0.25) is 5.91 Å². The molecule has 164 valence electrons. The zero-order chi connectivity index (χ0) is 22.8. The van der Waals surface area contributed by atoms with Gasteiger partial charge in [0, 0.05) is 10.8 Å². The van der Waals surface area contributed by atoms with Crippen LogP contribution in [0.4, 0.5) is 4.39 Å². The molecule has 2 aliphatic rings. The molecular formula is C19H17ClFN3O6S. The summed E-state index contributed by atoms with van der Waals surface area (Å²) < 4.78 is 18.8. The zero-order valence-corrected chi connectivity index (χ0v) is 18.0. The highest BCUT2D eigenvalue weighted by Crippen LogP contribution is 2.51. The van der Waals surface area contributed by atoms with Crippen LogP contribution in [0.2, 0.25) is 5.02 Å². The first-order valence-electron chi connectivity index (χ1n) is 9.12. The van der Waals surface area contributed by atoms with E-state index in [1.807, 2.05) is 0 Å². The van der Waals surface area contributed by atoms with Crippen LogP contribution in [-0.2, 0) is 9.59 Å². The molecule has 0 unspecified atom stereocenters. The fraction of sp³-hybridized carbons (Fsp3) is 0.368. The number of halogens is 2. The number of carbonyl (C=O) groups is 3. The van der Waals surface area contributed by atoms with Crippen LogP contribution in [0.15, 0.2) is 16.7 Å². The summed E-state index contributed by atoms with van der Waals surface area (Å²) in [5.74, 6) is -3.61. The van der Waals surface area contributed by atoms with Crippen LogP contribution in [0.3, 0.4) is 0 Å². The minimum Gasteiger partial charge on any atom is -0.508 e. The van der Waals surface area contributed by atoms with Gasteiger partial charge in [-0.3, -0.25) is 9.59 Å². The molecule has 0 aliphatic carbocycles. The van der Waals surface area contributed by atoms with Gasteiger partial charge in [-0.1, -0.05) is 16.8 Å². The van der Waals surface area contributed by atoms with Crippen molar-refractivity contribution in [2.45, 2.75) is 43.0 Å².